The topological polar surface area (TPSA) is 95.8 Å². The van der Waals surface area contributed by atoms with Crippen LogP contribution < -0.4 is 10.9 Å². The molecule has 7 heteroatoms. The van der Waals surface area contributed by atoms with Crippen LogP contribution in [0.5, 0.6) is 0 Å². The summed E-state index contributed by atoms with van der Waals surface area (Å²) in [6.45, 7) is 2.35. The van der Waals surface area contributed by atoms with E-state index < -0.39 is 5.56 Å². The molecule has 0 unspecified atom stereocenters. The van der Waals surface area contributed by atoms with E-state index in [1.165, 1.54) is 12.4 Å². The lowest BCUT2D eigenvalue weighted by Crippen LogP contribution is -2.20. The minimum absolute atomic E-state index is 0.192. The van der Waals surface area contributed by atoms with Gasteiger partial charge in [0.2, 0.25) is 0 Å². The number of fused-ring (bicyclic) bond motifs is 2. The summed E-state index contributed by atoms with van der Waals surface area (Å²) >= 11 is 0. The van der Waals surface area contributed by atoms with E-state index in [1.54, 1.807) is 0 Å². The zero-order chi connectivity index (χ0) is 16.7. The smallest absolute Gasteiger partial charge is 0.286 e. The largest absolute Gasteiger partial charge is 0.423 e. The molecule has 7 nitrogen and oxygen atoms in total. The summed E-state index contributed by atoms with van der Waals surface area (Å²) in [5, 5.41) is 14.9. The van der Waals surface area contributed by atoms with E-state index in [0.717, 1.165) is 16.5 Å². The summed E-state index contributed by atoms with van der Waals surface area (Å²) in [4.78, 5) is 23.3. The Morgan fingerprint density at radius 2 is 2.12 bits per heavy atom. The second-order valence-electron chi connectivity index (χ2n) is 5.62. The van der Waals surface area contributed by atoms with Crippen molar-refractivity contribution < 1.29 is 5.21 Å². The Kier molecular flexibility index (Phi) is 3.19. The van der Waals surface area contributed by atoms with E-state index in [-0.39, 0.29) is 5.65 Å². The number of aryl methyl sites for hydroxylation is 1. The Morgan fingerprint density at radius 3 is 3.00 bits per heavy atom. The first-order valence-electron chi connectivity index (χ1n) is 7.50. The predicted octanol–water partition coefficient (Wildman–Crippen LogP) is 2.43. The van der Waals surface area contributed by atoms with Crippen LogP contribution in [0.4, 0.5) is 5.69 Å². The molecule has 0 radical (unpaired) electrons. The quantitative estimate of drug-likeness (QED) is 0.504. The van der Waals surface area contributed by atoms with Crippen molar-refractivity contribution in [3.8, 4) is 0 Å². The molecular weight excluding hydrogens is 306 g/mol. The third kappa shape index (κ3) is 2.26. The van der Waals surface area contributed by atoms with E-state index in [1.807, 2.05) is 31.3 Å². The highest BCUT2D eigenvalue weighted by atomic mass is 16.5. The fourth-order valence-corrected chi connectivity index (χ4v) is 2.84. The maximum Gasteiger partial charge on any atom is 0.286 e. The number of hydrogen-bond donors (Lipinski definition) is 3. The second-order valence-corrected chi connectivity index (χ2v) is 5.62. The van der Waals surface area contributed by atoms with E-state index >= 15 is 0 Å². The Morgan fingerprint density at radius 1 is 1.25 bits per heavy atom. The number of nitrogens with zero attached hydrogens (tertiary/aromatic N) is 3. The molecule has 0 aliphatic carbocycles. The fourth-order valence-electron chi connectivity index (χ4n) is 2.84. The zero-order valence-electron chi connectivity index (χ0n) is 12.9. The van der Waals surface area contributed by atoms with Gasteiger partial charge in [0.25, 0.3) is 5.56 Å². The van der Waals surface area contributed by atoms with Gasteiger partial charge in [0.1, 0.15) is 6.33 Å². The SMILES string of the molecule is Cc1ncnc2c1c(NCc1ccc3cc[nH]c3c1)cc(=O)n2O. The first-order valence-corrected chi connectivity index (χ1v) is 7.50. The summed E-state index contributed by atoms with van der Waals surface area (Å²) in [6, 6.07) is 9.50. The van der Waals surface area contributed by atoms with Gasteiger partial charge in [0, 0.05) is 24.3 Å². The molecule has 0 saturated carbocycles. The van der Waals surface area contributed by atoms with Crippen LogP contribution in [0.25, 0.3) is 21.9 Å². The van der Waals surface area contributed by atoms with Gasteiger partial charge in [-0.3, -0.25) is 4.79 Å². The van der Waals surface area contributed by atoms with Crippen molar-refractivity contribution in [2.45, 2.75) is 13.5 Å². The highest BCUT2D eigenvalue weighted by Gasteiger charge is 2.12. The van der Waals surface area contributed by atoms with Crippen molar-refractivity contribution in [3.05, 3.63) is 64.5 Å². The molecule has 3 aromatic heterocycles. The lowest BCUT2D eigenvalue weighted by atomic mass is 10.1. The van der Waals surface area contributed by atoms with Gasteiger partial charge in [0.05, 0.1) is 16.8 Å². The average Bonchev–Trinajstić information content (AvgIpc) is 3.04. The Balaban J connectivity index is 1.74. The minimum Gasteiger partial charge on any atom is -0.423 e. The molecule has 0 aliphatic heterocycles. The Bertz CT molecular complexity index is 1110. The van der Waals surface area contributed by atoms with Gasteiger partial charge in [0.15, 0.2) is 5.65 Å². The van der Waals surface area contributed by atoms with Crippen LogP contribution in [0.2, 0.25) is 0 Å². The number of anilines is 1. The lowest BCUT2D eigenvalue weighted by Gasteiger charge is -2.12. The summed E-state index contributed by atoms with van der Waals surface area (Å²) in [7, 11) is 0. The molecule has 0 fully saturated rings. The van der Waals surface area contributed by atoms with Crippen molar-refractivity contribution in [1.29, 1.82) is 0 Å². The highest BCUT2D eigenvalue weighted by Crippen LogP contribution is 2.23. The Hall–Kier alpha value is -3.35. The monoisotopic (exact) mass is 321 g/mol. The first kappa shape index (κ1) is 14.3. The second kappa shape index (κ2) is 5.38. The molecule has 0 saturated heterocycles. The van der Waals surface area contributed by atoms with Gasteiger partial charge in [-0.2, -0.15) is 0 Å². The summed E-state index contributed by atoms with van der Waals surface area (Å²) in [6.07, 6.45) is 3.23. The number of benzene rings is 1. The van der Waals surface area contributed by atoms with Crippen molar-refractivity contribution in [2.75, 3.05) is 5.32 Å². The van der Waals surface area contributed by atoms with Gasteiger partial charge >= 0.3 is 0 Å². The van der Waals surface area contributed by atoms with Crippen molar-refractivity contribution in [3.63, 3.8) is 0 Å². The minimum atomic E-state index is -0.539. The van der Waals surface area contributed by atoms with Crippen LogP contribution in [-0.4, -0.2) is 24.9 Å². The predicted molar refractivity (Wildman–Crippen MR) is 91.3 cm³/mol. The maximum absolute atomic E-state index is 11.9. The molecule has 4 rings (SSSR count). The molecule has 3 N–H and O–H groups in total. The van der Waals surface area contributed by atoms with Gasteiger partial charge in [-0.05, 0) is 30.0 Å². The maximum atomic E-state index is 11.9. The third-order valence-corrected chi connectivity index (χ3v) is 4.07. The number of H-pyrrole nitrogens is 1. The number of rotatable bonds is 3. The highest BCUT2D eigenvalue weighted by molar-refractivity contribution is 5.90. The molecule has 0 amide bonds. The van der Waals surface area contributed by atoms with E-state index in [2.05, 4.69) is 26.3 Å². The summed E-state index contributed by atoms with van der Waals surface area (Å²) in [5.74, 6) is 0. The van der Waals surface area contributed by atoms with Crippen LogP contribution in [0.1, 0.15) is 11.3 Å². The summed E-state index contributed by atoms with van der Waals surface area (Å²) < 4.78 is 0.542. The van der Waals surface area contributed by atoms with Gasteiger partial charge in [-0.1, -0.05) is 12.1 Å². The lowest BCUT2D eigenvalue weighted by molar-refractivity contribution is 0.186. The van der Waals surface area contributed by atoms with Crippen LogP contribution in [-0.2, 0) is 6.54 Å². The molecule has 24 heavy (non-hydrogen) atoms. The summed E-state index contributed by atoms with van der Waals surface area (Å²) in [5.41, 5.74) is 3.07. The molecule has 0 atom stereocenters. The molecule has 0 spiro atoms. The first-order chi connectivity index (χ1) is 11.6. The van der Waals surface area contributed by atoms with E-state index in [9.17, 15) is 10.0 Å². The van der Waals surface area contributed by atoms with Crippen LogP contribution >= 0.6 is 0 Å². The molecule has 3 heterocycles. The fraction of sp³-hybridized carbons (Fsp3) is 0.118. The normalized spacial score (nSPS) is 11.2. The molecular formula is C17H15N5O2. The molecule has 0 aliphatic rings. The standard InChI is InChI=1S/C17H15N5O2/c1-10-16-14(7-15(23)22(24)17(16)21-9-20-10)19-8-11-2-3-12-4-5-18-13(12)6-11/h2-7,9,18-19,24H,8H2,1H3. The van der Waals surface area contributed by atoms with Crippen LogP contribution in [0.15, 0.2) is 47.7 Å². The van der Waals surface area contributed by atoms with Crippen LogP contribution in [0.3, 0.4) is 0 Å². The number of pyridine rings is 1. The van der Waals surface area contributed by atoms with Crippen molar-refractivity contribution in [1.82, 2.24) is 19.7 Å². The molecule has 4 aromatic rings. The average molecular weight is 321 g/mol. The van der Waals surface area contributed by atoms with Crippen molar-refractivity contribution in [2.24, 2.45) is 0 Å². The number of aromatic nitrogens is 4. The number of aromatic amines is 1. The van der Waals surface area contributed by atoms with Gasteiger partial charge in [-0.25, -0.2) is 9.97 Å². The van der Waals surface area contributed by atoms with Gasteiger partial charge < -0.3 is 15.5 Å². The Labute approximate surface area is 136 Å². The van der Waals surface area contributed by atoms with E-state index in [4.69, 9.17) is 0 Å². The third-order valence-electron chi connectivity index (χ3n) is 4.07. The van der Waals surface area contributed by atoms with Crippen LogP contribution in [0, 0.1) is 6.92 Å². The van der Waals surface area contributed by atoms with E-state index in [0.29, 0.717) is 28.0 Å². The zero-order valence-corrected chi connectivity index (χ0v) is 12.9. The number of hydrogen-bond acceptors (Lipinski definition) is 5. The molecule has 1 aromatic carbocycles. The van der Waals surface area contributed by atoms with Crippen molar-refractivity contribution >= 4 is 27.6 Å². The number of nitrogens with one attached hydrogen (secondary N) is 2. The molecule has 0 bridgehead atoms. The molecule has 120 valence electrons. The van der Waals surface area contributed by atoms with Gasteiger partial charge in [-0.15, -0.1) is 4.73 Å².